The minimum atomic E-state index is 0.405. The van der Waals surface area contributed by atoms with E-state index >= 15 is 0 Å². The van der Waals surface area contributed by atoms with Crippen LogP contribution in [-0.4, -0.2) is 47.9 Å². The van der Waals surface area contributed by atoms with Crippen LogP contribution in [0.5, 0.6) is 0 Å². The van der Waals surface area contributed by atoms with Crippen LogP contribution >= 0.6 is 0 Å². The number of likely N-dealkylation sites (tertiary alicyclic amines) is 2. The van der Waals surface area contributed by atoms with Crippen molar-refractivity contribution >= 4 is 5.91 Å². The molecule has 2 heterocycles. The lowest BCUT2D eigenvalue weighted by Gasteiger charge is -2.54. The first-order valence-corrected chi connectivity index (χ1v) is 10.3. The molecular weight excluding hydrogens is 284 g/mol. The smallest absolute Gasteiger partial charge is 0.226 e. The van der Waals surface area contributed by atoms with Crippen molar-refractivity contribution in [2.45, 2.75) is 63.8 Å². The quantitative estimate of drug-likeness (QED) is 0.798. The van der Waals surface area contributed by atoms with Gasteiger partial charge >= 0.3 is 0 Å². The molecule has 3 nitrogen and oxygen atoms in total. The van der Waals surface area contributed by atoms with Gasteiger partial charge in [0.25, 0.3) is 0 Å². The molecule has 23 heavy (non-hydrogen) atoms. The number of carbonyl (C=O) groups excluding carboxylic acids is 1. The summed E-state index contributed by atoms with van der Waals surface area (Å²) in [6.07, 6.45) is 12.2. The van der Waals surface area contributed by atoms with Gasteiger partial charge in [0.1, 0.15) is 0 Å². The highest BCUT2D eigenvalue weighted by atomic mass is 16.2. The van der Waals surface area contributed by atoms with E-state index in [0.717, 1.165) is 36.8 Å². The van der Waals surface area contributed by atoms with Gasteiger partial charge in [-0.2, -0.15) is 0 Å². The molecule has 4 aliphatic carbocycles. The highest BCUT2D eigenvalue weighted by molar-refractivity contribution is 5.80. The van der Waals surface area contributed by atoms with E-state index in [0.29, 0.717) is 17.9 Å². The van der Waals surface area contributed by atoms with E-state index in [1.54, 1.807) is 0 Å². The summed E-state index contributed by atoms with van der Waals surface area (Å²) in [7, 11) is 0. The van der Waals surface area contributed by atoms with Crippen molar-refractivity contribution < 1.29 is 4.79 Å². The van der Waals surface area contributed by atoms with Crippen LogP contribution in [0.3, 0.4) is 0 Å². The lowest BCUT2D eigenvalue weighted by molar-refractivity contribution is -0.150. The van der Waals surface area contributed by atoms with E-state index in [4.69, 9.17) is 0 Å². The highest BCUT2D eigenvalue weighted by Crippen LogP contribution is 2.57. The summed E-state index contributed by atoms with van der Waals surface area (Å²) in [5, 5.41) is 0. The molecule has 0 aromatic heterocycles. The van der Waals surface area contributed by atoms with E-state index in [9.17, 15) is 4.79 Å². The predicted molar refractivity (Wildman–Crippen MR) is 90.9 cm³/mol. The Morgan fingerprint density at radius 1 is 0.826 bits per heavy atom. The van der Waals surface area contributed by atoms with Crippen LogP contribution in [0.15, 0.2) is 0 Å². The second-order valence-electron chi connectivity index (χ2n) is 9.29. The van der Waals surface area contributed by atoms with Crippen molar-refractivity contribution in [1.82, 2.24) is 9.80 Å². The minimum Gasteiger partial charge on any atom is -0.338 e. The molecule has 6 fully saturated rings. The van der Waals surface area contributed by atoms with Crippen molar-refractivity contribution in [3.05, 3.63) is 0 Å². The first-order valence-electron chi connectivity index (χ1n) is 10.3. The summed E-state index contributed by atoms with van der Waals surface area (Å²) >= 11 is 0. The van der Waals surface area contributed by atoms with Crippen molar-refractivity contribution in [1.29, 1.82) is 0 Å². The van der Waals surface area contributed by atoms with Crippen LogP contribution in [0, 0.1) is 29.6 Å². The van der Waals surface area contributed by atoms with Gasteiger partial charge in [0.2, 0.25) is 5.91 Å². The normalized spacial score (nSPS) is 46.0. The molecule has 0 aromatic carbocycles. The van der Waals surface area contributed by atoms with Gasteiger partial charge in [-0.25, -0.2) is 0 Å². The fraction of sp³-hybridized carbons (Fsp3) is 0.950. The Morgan fingerprint density at radius 3 is 2.13 bits per heavy atom. The van der Waals surface area contributed by atoms with Crippen molar-refractivity contribution in [3.8, 4) is 0 Å². The SMILES string of the molecule is O=C(C1C2CC3CC(C2)CC1C3)N1CCCC1CN1CCCC1. The standard InChI is InChI=1S/C20H32N2O/c23-20(19-16-9-14-8-15(11-16)12-17(19)10-14)22-7-3-4-18(22)13-21-5-1-2-6-21/h14-19H,1-13H2. The monoisotopic (exact) mass is 316 g/mol. The van der Waals surface area contributed by atoms with Crippen molar-refractivity contribution in [2.24, 2.45) is 29.6 Å². The topological polar surface area (TPSA) is 23.6 Å². The molecule has 2 aliphatic heterocycles. The Hall–Kier alpha value is -0.570. The number of carbonyl (C=O) groups is 1. The lowest BCUT2D eigenvalue weighted by Crippen LogP contribution is -2.53. The largest absolute Gasteiger partial charge is 0.338 e. The van der Waals surface area contributed by atoms with Crippen LogP contribution in [0.1, 0.15) is 57.8 Å². The molecule has 3 heteroatoms. The summed E-state index contributed by atoms with van der Waals surface area (Å²) in [5.74, 6) is 4.40. The zero-order valence-electron chi connectivity index (χ0n) is 14.5. The average Bonchev–Trinajstić information content (AvgIpc) is 3.18. The summed E-state index contributed by atoms with van der Waals surface area (Å²) in [6.45, 7) is 4.71. The van der Waals surface area contributed by atoms with Gasteiger partial charge < -0.3 is 9.80 Å². The summed E-state index contributed by atoms with van der Waals surface area (Å²) in [6, 6.07) is 0.526. The van der Waals surface area contributed by atoms with E-state index in [-0.39, 0.29) is 0 Å². The summed E-state index contributed by atoms with van der Waals surface area (Å²) in [4.78, 5) is 18.4. The molecule has 0 spiro atoms. The molecule has 2 saturated heterocycles. The first kappa shape index (κ1) is 14.7. The minimum absolute atomic E-state index is 0.405. The summed E-state index contributed by atoms with van der Waals surface area (Å²) in [5.41, 5.74) is 0. The van der Waals surface area contributed by atoms with E-state index in [1.807, 2.05) is 0 Å². The van der Waals surface area contributed by atoms with Crippen molar-refractivity contribution in [2.75, 3.05) is 26.2 Å². The van der Waals surface area contributed by atoms with Crippen molar-refractivity contribution in [3.63, 3.8) is 0 Å². The number of nitrogens with zero attached hydrogens (tertiary/aromatic N) is 2. The maximum Gasteiger partial charge on any atom is 0.226 e. The average molecular weight is 316 g/mol. The highest BCUT2D eigenvalue weighted by Gasteiger charge is 2.52. The Labute approximate surface area is 140 Å². The van der Waals surface area contributed by atoms with Gasteiger partial charge in [-0.1, -0.05) is 0 Å². The Balaban J connectivity index is 1.29. The van der Waals surface area contributed by atoms with Crippen LogP contribution in [-0.2, 0) is 4.79 Å². The number of hydrogen-bond acceptors (Lipinski definition) is 2. The molecular formula is C20H32N2O. The van der Waals surface area contributed by atoms with Gasteiger partial charge in [0.05, 0.1) is 0 Å². The number of rotatable bonds is 3. The summed E-state index contributed by atoms with van der Waals surface area (Å²) < 4.78 is 0. The maximum atomic E-state index is 13.4. The van der Waals surface area contributed by atoms with Crippen LogP contribution < -0.4 is 0 Å². The van der Waals surface area contributed by atoms with Gasteiger partial charge in [-0.3, -0.25) is 4.79 Å². The molecule has 4 bridgehead atoms. The third-order valence-electron chi connectivity index (χ3n) is 7.84. The second kappa shape index (κ2) is 5.75. The van der Waals surface area contributed by atoms with Gasteiger partial charge in [-0.05, 0) is 94.5 Å². The molecule has 0 radical (unpaired) electrons. The molecule has 6 rings (SSSR count). The zero-order chi connectivity index (χ0) is 15.4. The Kier molecular flexibility index (Phi) is 3.69. The van der Waals surface area contributed by atoms with E-state index in [2.05, 4.69) is 9.80 Å². The molecule has 0 aromatic rings. The zero-order valence-corrected chi connectivity index (χ0v) is 14.5. The van der Waals surface area contributed by atoms with Crippen LogP contribution in [0.2, 0.25) is 0 Å². The van der Waals surface area contributed by atoms with Crippen LogP contribution in [0.25, 0.3) is 0 Å². The maximum absolute atomic E-state index is 13.4. The molecule has 1 amide bonds. The molecule has 0 N–H and O–H groups in total. The third-order valence-corrected chi connectivity index (χ3v) is 7.84. The molecule has 6 aliphatic rings. The molecule has 1 atom stereocenters. The molecule has 128 valence electrons. The fourth-order valence-electron chi connectivity index (χ4n) is 7.10. The number of hydrogen-bond donors (Lipinski definition) is 0. The van der Waals surface area contributed by atoms with E-state index < -0.39 is 0 Å². The Morgan fingerprint density at radius 2 is 1.48 bits per heavy atom. The number of amides is 1. The first-order chi connectivity index (χ1) is 11.3. The second-order valence-corrected chi connectivity index (χ2v) is 9.29. The van der Waals surface area contributed by atoms with Crippen LogP contribution in [0.4, 0.5) is 0 Å². The third kappa shape index (κ3) is 2.54. The fourth-order valence-corrected chi connectivity index (χ4v) is 7.10. The molecule has 4 saturated carbocycles. The predicted octanol–water partition coefficient (Wildman–Crippen LogP) is 3.15. The van der Waals surface area contributed by atoms with Gasteiger partial charge in [-0.15, -0.1) is 0 Å². The van der Waals surface area contributed by atoms with Gasteiger partial charge in [0.15, 0.2) is 0 Å². The van der Waals surface area contributed by atoms with E-state index in [1.165, 1.54) is 70.9 Å². The van der Waals surface area contributed by atoms with Gasteiger partial charge in [0, 0.05) is 25.0 Å². The Bertz CT molecular complexity index is 442. The molecule has 1 unspecified atom stereocenters. The lowest BCUT2D eigenvalue weighted by atomic mass is 9.51.